The van der Waals surface area contributed by atoms with Crippen molar-refractivity contribution in [3.63, 3.8) is 0 Å². The lowest BCUT2D eigenvalue weighted by Crippen LogP contribution is -2.38. The van der Waals surface area contributed by atoms with E-state index in [0.717, 1.165) is 41.0 Å². The van der Waals surface area contributed by atoms with E-state index in [1.165, 1.54) is 0 Å². The molecule has 40 heavy (non-hydrogen) atoms. The number of ether oxygens (including phenoxy) is 1. The van der Waals surface area contributed by atoms with Crippen molar-refractivity contribution >= 4 is 17.5 Å². The van der Waals surface area contributed by atoms with E-state index in [2.05, 4.69) is 44.7 Å². The number of anilines is 2. The van der Waals surface area contributed by atoms with Crippen LogP contribution in [0.3, 0.4) is 0 Å². The third-order valence-electron chi connectivity index (χ3n) is 7.25. The largest absolute Gasteiger partial charge is 0.424 e. The van der Waals surface area contributed by atoms with Crippen LogP contribution >= 0.6 is 0 Å². The first-order chi connectivity index (χ1) is 19.4. The molecule has 5 heteroatoms. The van der Waals surface area contributed by atoms with Gasteiger partial charge < -0.3 is 9.84 Å². The zero-order valence-corrected chi connectivity index (χ0v) is 23.9. The van der Waals surface area contributed by atoms with E-state index >= 15 is 0 Å². The Morgan fingerprint density at radius 3 is 1.77 bits per heavy atom. The summed E-state index contributed by atoms with van der Waals surface area (Å²) in [6.07, 6.45) is 0.342. The van der Waals surface area contributed by atoms with Crippen LogP contribution in [0, 0.1) is 0 Å². The molecule has 4 rings (SSSR count). The number of aliphatic hydroxyl groups is 1. The molecule has 4 aromatic rings. The van der Waals surface area contributed by atoms with Crippen LogP contribution in [0.15, 0.2) is 109 Å². The summed E-state index contributed by atoms with van der Waals surface area (Å²) >= 11 is 0. The van der Waals surface area contributed by atoms with Crippen LogP contribution in [-0.2, 0) is 6.61 Å². The van der Waals surface area contributed by atoms with Gasteiger partial charge in [0.15, 0.2) is 0 Å². The molecule has 0 aliphatic rings. The molecule has 208 valence electrons. The number of para-hydroxylation sites is 2. The lowest BCUT2D eigenvalue weighted by molar-refractivity contribution is 0.170. The molecule has 0 aromatic heterocycles. The quantitative estimate of drug-likeness (QED) is 0.210. The Balaban J connectivity index is 1.74. The maximum atomic E-state index is 13.9. The highest BCUT2D eigenvalue weighted by Gasteiger charge is 2.26. The molecule has 0 radical (unpaired) electrons. The van der Waals surface area contributed by atoms with Gasteiger partial charge in [-0.25, -0.2) is 9.69 Å². The molecule has 1 unspecified atom stereocenters. The average Bonchev–Trinajstić information content (AvgIpc) is 2.97. The Labute approximate surface area is 238 Å². The molecule has 1 N–H and O–H groups in total. The predicted octanol–water partition coefficient (Wildman–Crippen LogP) is 8.16. The van der Waals surface area contributed by atoms with E-state index in [0.29, 0.717) is 17.8 Å². The Hall–Kier alpha value is -3.93. The van der Waals surface area contributed by atoms with E-state index in [4.69, 9.17) is 4.74 Å². The summed E-state index contributed by atoms with van der Waals surface area (Å²) in [5.74, 6) is 0.464. The van der Waals surface area contributed by atoms with Crippen LogP contribution in [0.2, 0.25) is 0 Å². The molecule has 0 aliphatic heterocycles. The van der Waals surface area contributed by atoms with Gasteiger partial charge in [0.2, 0.25) is 0 Å². The van der Waals surface area contributed by atoms with E-state index < -0.39 is 6.09 Å². The van der Waals surface area contributed by atoms with Gasteiger partial charge in [-0.1, -0.05) is 72.8 Å². The Morgan fingerprint density at radius 1 is 0.750 bits per heavy atom. The molecule has 1 amide bonds. The second-order valence-corrected chi connectivity index (χ2v) is 10.6. The average molecular weight is 537 g/mol. The van der Waals surface area contributed by atoms with Crippen LogP contribution in [0.1, 0.15) is 56.7 Å². The van der Waals surface area contributed by atoms with Gasteiger partial charge >= 0.3 is 6.09 Å². The van der Waals surface area contributed by atoms with Crippen molar-refractivity contribution in [3.8, 4) is 5.75 Å². The number of amides is 1. The molecule has 0 aliphatic carbocycles. The molecule has 0 spiro atoms. The van der Waals surface area contributed by atoms with Crippen molar-refractivity contribution in [2.75, 3.05) is 11.4 Å². The van der Waals surface area contributed by atoms with E-state index in [1.54, 1.807) is 4.90 Å². The first-order valence-electron chi connectivity index (χ1n) is 14.1. The van der Waals surface area contributed by atoms with Crippen molar-refractivity contribution in [2.45, 2.75) is 58.7 Å². The zero-order valence-electron chi connectivity index (χ0n) is 23.9. The topological polar surface area (TPSA) is 53.0 Å². The summed E-state index contributed by atoms with van der Waals surface area (Å²) in [5, 5.41) is 10.0. The minimum absolute atomic E-state index is 0.0302. The van der Waals surface area contributed by atoms with Gasteiger partial charge in [0, 0.05) is 23.6 Å². The molecular weight excluding hydrogens is 496 g/mol. The van der Waals surface area contributed by atoms with Gasteiger partial charge in [-0.05, 0) is 88.2 Å². The molecule has 0 saturated carbocycles. The first kappa shape index (κ1) is 29.1. The highest BCUT2D eigenvalue weighted by molar-refractivity contribution is 5.97. The van der Waals surface area contributed by atoms with Gasteiger partial charge in [-0.2, -0.15) is 0 Å². The highest BCUT2D eigenvalue weighted by Crippen LogP contribution is 2.37. The van der Waals surface area contributed by atoms with Crippen LogP contribution in [-0.4, -0.2) is 34.7 Å². The van der Waals surface area contributed by atoms with Crippen LogP contribution < -0.4 is 9.64 Å². The normalized spacial score (nSPS) is 12.1. The summed E-state index contributed by atoms with van der Waals surface area (Å²) in [6.45, 7) is 9.67. The molecule has 0 fully saturated rings. The Bertz CT molecular complexity index is 1290. The monoisotopic (exact) mass is 536 g/mol. The Morgan fingerprint density at radius 2 is 1.27 bits per heavy atom. The molecule has 5 nitrogen and oxygen atoms in total. The second kappa shape index (κ2) is 13.9. The molecule has 4 aromatic carbocycles. The van der Waals surface area contributed by atoms with Crippen molar-refractivity contribution in [1.82, 2.24) is 4.90 Å². The number of carbonyl (C=O) groups excluding carboxylic acids is 1. The van der Waals surface area contributed by atoms with Crippen LogP contribution in [0.5, 0.6) is 5.75 Å². The number of carbonyl (C=O) groups is 1. The van der Waals surface area contributed by atoms with Crippen LogP contribution in [0.25, 0.3) is 0 Å². The molecule has 0 bridgehead atoms. The Kier molecular flexibility index (Phi) is 10.1. The second-order valence-electron chi connectivity index (χ2n) is 10.6. The zero-order chi connectivity index (χ0) is 28.5. The fraction of sp³-hybridized carbons (Fsp3) is 0.286. The van der Waals surface area contributed by atoms with E-state index in [-0.39, 0.29) is 12.5 Å². The van der Waals surface area contributed by atoms with Crippen LogP contribution in [0.4, 0.5) is 16.2 Å². The minimum atomic E-state index is -0.492. The summed E-state index contributed by atoms with van der Waals surface area (Å²) in [7, 11) is 0. The van der Waals surface area contributed by atoms with E-state index in [1.807, 2.05) is 97.1 Å². The lowest BCUT2D eigenvalue weighted by Gasteiger charge is -2.32. The number of hydrogen-bond acceptors (Lipinski definition) is 4. The van der Waals surface area contributed by atoms with Crippen molar-refractivity contribution in [3.05, 3.63) is 126 Å². The molecule has 1 atom stereocenters. The van der Waals surface area contributed by atoms with Crippen molar-refractivity contribution < 1.29 is 14.6 Å². The third-order valence-corrected chi connectivity index (χ3v) is 7.25. The summed E-state index contributed by atoms with van der Waals surface area (Å²) < 4.78 is 6.21. The number of aliphatic hydroxyl groups excluding tert-OH is 1. The molecular formula is C35H40N2O3. The highest BCUT2D eigenvalue weighted by atomic mass is 16.6. The SMILES string of the molecule is CC(C)N(CCC(c1ccccc1)c1cc(CO)ccc1OC(=O)N(c1ccccc1)c1ccccc1)C(C)C. The van der Waals surface area contributed by atoms with E-state index in [9.17, 15) is 9.90 Å². The maximum Gasteiger partial charge on any atom is 0.424 e. The fourth-order valence-corrected chi connectivity index (χ4v) is 5.29. The smallest absolute Gasteiger partial charge is 0.409 e. The number of hydrogen-bond donors (Lipinski definition) is 1. The summed E-state index contributed by atoms with van der Waals surface area (Å²) in [5.41, 5.74) is 4.25. The molecule has 0 saturated heterocycles. The van der Waals surface area contributed by atoms with Gasteiger partial charge in [-0.15, -0.1) is 0 Å². The maximum absolute atomic E-state index is 13.9. The number of nitrogens with zero attached hydrogens (tertiary/aromatic N) is 2. The van der Waals surface area contributed by atoms with Gasteiger partial charge in [-0.3, -0.25) is 4.90 Å². The van der Waals surface area contributed by atoms with Gasteiger partial charge in [0.05, 0.1) is 18.0 Å². The first-order valence-corrected chi connectivity index (χ1v) is 14.1. The minimum Gasteiger partial charge on any atom is -0.409 e. The van der Waals surface area contributed by atoms with Gasteiger partial charge in [0.1, 0.15) is 5.75 Å². The number of rotatable bonds is 11. The summed E-state index contributed by atoms with van der Waals surface area (Å²) in [6, 6.07) is 35.8. The van der Waals surface area contributed by atoms with Gasteiger partial charge in [0.25, 0.3) is 0 Å². The van der Waals surface area contributed by atoms with Crippen molar-refractivity contribution in [2.24, 2.45) is 0 Å². The fourth-order valence-electron chi connectivity index (χ4n) is 5.29. The lowest BCUT2D eigenvalue weighted by atomic mass is 9.86. The predicted molar refractivity (Wildman–Crippen MR) is 163 cm³/mol. The standard InChI is InChI=1S/C35H40N2O3/c1-26(2)36(27(3)4)23-22-32(29-14-8-5-9-15-29)33-24-28(25-38)20-21-34(33)40-35(39)37(30-16-10-6-11-17-30)31-18-12-7-13-19-31/h5-21,24,26-27,32,38H,22-23,25H2,1-4H3. The summed E-state index contributed by atoms with van der Waals surface area (Å²) in [4.78, 5) is 17.9. The molecule has 0 heterocycles. The van der Waals surface area contributed by atoms with Crippen molar-refractivity contribution in [1.29, 1.82) is 0 Å². The number of benzene rings is 4. The third kappa shape index (κ3) is 7.17.